The van der Waals surface area contributed by atoms with E-state index in [2.05, 4.69) is 0 Å². The highest BCUT2D eigenvalue weighted by Gasteiger charge is 2.48. The molecule has 0 heterocycles. The molecule has 4 nitrogen and oxygen atoms in total. The molecule has 1 unspecified atom stereocenters. The molecule has 0 bridgehead atoms. The zero-order valence-electron chi connectivity index (χ0n) is 10.5. The number of hydrogen-bond acceptors (Lipinski definition) is 4. The Morgan fingerprint density at radius 3 is 1.67 bits per heavy atom. The molecule has 1 atom stereocenters. The summed E-state index contributed by atoms with van der Waals surface area (Å²) in [6, 6.07) is 0. The van der Waals surface area contributed by atoms with Crippen molar-refractivity contribution in [1.82, 2.24) is 0 Å². The first-order valence-corrected chi connectivity index (χ1v) is 5.47. The first kappa shape index (κ1) is 14.8. The standard InChI is InChI=1S/C11H26N2O2/c1-6-7-8(9(2,3)14)11(12,13)10(4,5)15/h8,14-15H,6-7,12-13H2,1-5H3. The summed E-state index contributed by atoms with van der Waals surface area (Å²) in [5.74, 6) is -0.352. The van der Waals surface area contributed by atoms with Crippen molar-refractivity contribution in [3.63, 3.8) is 0 Å². The van der Waals surface area contributed by atoms with Crippen molar-refractivity contribution in [3.8, 4) is 0 Å². The normalized spacial score (nSPS) is 16.6. The third-order valence-corrected chi connectivity index (χ3v) is 3.07. The summed E-state index contributed by atoms with van der Waals surface area (Å²) in [4.78, 5) is 0. The van der Waals surface area contributed by atoms with Crippen molar-refractivity contribution in [2.45, 2.75) is 64.3 Å². The molecule has 0 saturated carbocycles. The molecule has 0 aromatic carbocycles. The Kier molecular flexibility index (Phi) is 4.33. The van der Waals surface area contributed by atoms with Gasteiger partial charge in [0.1, 0.15) is 0 Å². The lowest BCUT2D eigenvalue weighted by atomic mass is 9.71. The van der Waals surface area contributed by atoms with E-state index in [1.54, 1.807) is 27.7 Å². The van der Waals surface area contributed by atoms with Gasteiger partial charge in [-0.05, 0) is 34.1 Å². The second kappa shape index (κ2) is 4.37. The van der Waals surface area contributed by atoms with Gasteiger partial charge in [0, 0.05) is 5.92 Å². The maximum atomic E-state index is 10.0. The molecule has 4 heteroatoms. The molecular weight excluding hydrogens is 192 g/mol. The van der Waals surface area contributed by atoms with E-state index in [9.17, 15) is 10.2 Å². The van der Waals surface area contributed by atoms with Gasteiger partial charge in [0.15, 0.2) is 0 Å². The highest BCUT2D eigenvalue weighted by Crippen LogP contribution is 2.33. The van der Waals surface area contributed by atoms with E-state index >= 15 is 0 Å². The monoisotopic (exact) mass is 218 g/mol. The fourth-order valence-corrected chi connectivity index (χ4v) is 1.89. The number of hydrogen-bond donors (Lipinski definition) is 4. The minimum atomic E-state index is -1.30. The van der Waals surface area contributed by atoms with Crippen LogP contribution in [-0.4, -0.2) is 27.1 Å². The van der Waals surface area contributed by atoms with Gasteiger partial charge >= 0.3 is 0 Å². The Morgan fingerprint density at radius 1 is 1.07 bits per heavy atom. The molecule has 15 heavy (non-hydrogen) atoms. The summed E-state index contributed by atoms with van der Waals surface area (Å²) < 4.78 is 0. The lowest BCUT2D eigenvalue weighted by Crippen LogP contribution is -2.72. The van der Waals surface area contributed by atoms with E-state index in [0.29, 0.717) is 6.42 Å². The molecular formula is C11H26N2O2. The van der Waals surface area contributed by atoms with Crippen molar-refractivity contribution >= 4 is 0 Å². The highest BCUT2D eigenvalue weighted by atomic mass is 16.3. The summed E-state index contributed by atoms with van der Waals surface area (Å²) in [6.07, 6.45) is 1.54. The van der Waals surface area contributed by atoms with E-state index in [1.807, 2.05) is 6.92 Å². The smallest absolute Gasteiger partial charge is 0.0983 e. The van der Waals surface area contributed by atoms with Crippen LogP contribution in [-0.2, 0) is 0 Å². The number of nitrogens with two attached hydrogens (primary N) is 2. The van der Waals surface area contributed by atoms with Gasteiger partial charge in [-0.2, -0.15) is 0 Å². The van der Waals surface area contributed by atoms with E-state index in [-0.39, 0.29) is 5.92 Å². The minimum Gasteiger partial charge on any atom is -0.390 e. The second-order valence-corrected chi connectivity index (χ2v) is 5.49. The third-order valence-electron chi connectivity index (χ3n) is 3.07. The van der Waals surface area contributed by atoms with E-state index in [0.717, 1.165) is 6.42 Å². The van der Waals surface area contributed by atoms with Gasteiger partial charge in [0.2, 0.25) is 0 Å². The zero-order valence-corrected chi connectivity index (χ0v) is 10.5. The van der Waals surface area contributed by atoms with Crippen molar-refractivity contribution < 1.29 is 10.2 Å². The predicted octanol–water partition coefficient (Wildman–Crippen LogP) is 0.558. The lowest BCUT2D eigenvalue weighted by Gasteiger charge is -2.47. The molecule has 0 aromatic rings. The fraction of sp³-hybridized carbons (Fsp3) is 1.00. The largest absolute Gasteiger partial charge is 0.390 e. The quantitative estimate of drug-likeness (QED) is 0.507. The Bertz CT molecular complexity index is 202. The van der Waals surface area contributed by atoms with Crippen LogP contribution in [0.5, 0.6) is 0 Å². The van der Waals surface area contributed by atoms with Crippen molar-refractivity contribution in [1.29, 1.82) is 0 Å². The molecule has 0 saturated heterocycles. The third kappa shape index (κ3) is 3.41. The SMILES string of the molecule is CCCC(C(C)(C)O)C(N)(N)C(C)(C)O. The first-order valence-electron chi connectivity index (χ1n) is 5.47. The zero-order chi connectivity index (χ0) is 12.5. The molecule has 0 spiro atoms. The Morgan fingerprint density at radius 2 is 1.47 bits per heavy atom. The second-order valence-electron chi connectivity index (χ2n) is 5.49. The summed E-state index contributed by atoms with van der Waals surface area (Å²) >= 11 is 0. The van der Waals surface area contributed by atoms with Gasteiger partial charge < -0.3 is 21.7 Å². The van der Waals surface area contributed by atoms with Crippen molar-refractivity contribution in [2.75, 3.05) is 0 Å². The van der Waals surface area contributed by atoms with E-state index in [4.69, 9.17) is 11.5 Å². The van der Waals surface area contributed by atoms with Crippen LogP contribution in [0.1, 0.15) is 47.5 Å². The van der Waals surface area contributed by atoms with Crippen LogP contribution in [0.2, 0.25) is 0 Å². The number of aliphatic hydroxyl groups is 2. The maximum Gasteiger partial charge on any atom is 0.0983 e. The first-order chi connectivity index (χ1) is 6.44. The van der Waals surface area contributed by atoms with Crippen LogP contribution in [0.25, 0.3) is 0 Å². The minimum absolute atomic E-state index is 0.352. The predicted molar refractivity (Wildman–Crippen MR) is 62.1 cm³/mol. The van der Waals surface area contributed by atoms with Crippen LogP contribution in [0.4, 0.5) is 0 Å². The molecule has 0 amide bonds. The maximum absolute atomic E-state index is 10.0. The molecule has 0 aliphatic rings. The Balaban J connectivity index is 5.08. The van der Waals surface area contributed by atoms with E-state index < -0.39 is 16.9 Å². The molecule has 0 rings (SSSR count). The van der Waals surface area contributed by atoms with Crippen LogP contribution >= 0.6 is 0 Å². The van der Waals surface area contributed by atoms with Crippen LogP contribution in [0.15, 0.2) is 0 Å². The molecule has 0 aliphatic carbocycles. The highest BCUT2D eigenvalue weighted by molar-refractivity contribution is 5.03. The summed E-state index contributed by atoms with van der Waals surface area (Å²) in [6.45, 7) is 8.49. The average molecular weight is 218 g/mol. The van der Waals surface area contributed by atoms with Crippen LogP contribution in [0, 0.1) is 5.92 Å². The molecule has 0 aliphatic heterocycles. The Hall–Kier alpha value is -0.160. The van der Waals surface area contributed by atoms with Crippen molar-refractivity contribution in [3.05, 3.63) is 0 Å². The van der Waals surface area contributed by atoms with Gasteiger partial charge in [-0.15, -0.1) is 0 Å². The summed E-state index contributed by atoms with van der Waals surface area (Å²) in [5, 5.41) is 20.0. The Labute approximate surface area is 92.7 Å². The molecule has 0 aromatic heterocycles. The molecule has 6 N–H and O–H groups in total. The van der Waals surface area contributed by atoms with Gasteiger partial charge in [0.05, 0.1) is 16.9 Å². The number of rotatable bonds is 5. The van der Waals surface area contributed by atoms with Gasteiger partial charge in [0.25, 0.3) is 0 Å². The molecule has 0 fully saturated rings. The molecule has 0 radical (unpaired) electrons. The average Bonchev–Trinajstić information content (AvgIpc) is 1.95. The van der Waals surface area contributed by atoms with Crippen LogP contribution in [0.3, 0.4) is 0 Å². The van der Waals surface area contributed by atoms with Crippen molar-refractivity contribution in [2.24, 2.45) is 17.4 Å². The van der Waals surface area contributed by atoms with Gasteiger partial charge in [-0.25, -0.2) is 0 Å². The summed E-state index contributed by atoms with van der Waals surface area (Å²) in [7, 11) is 0. The fourth-order valence-electron chi connectivity index (χ4n) is 1.89. The van der Waals surface area contributed by atoms with E-state index in [1.165, 1.54) is 0 Å². The molecule has 92 valence electrons. The van der Waals surface area contributed by atoms with Gasteiger partial charge in [-0.1, -0.05) is 13.3 Å². The van der Waals surface area contributed by atoms with Gasteiger partial charge in [-0.3, -0.25) is 0 Å². The van der Waals surface area contributed by atoms with Crippen LogP contribution < -0.4 is 11.5 Å². The lowest BCUT2D eigenvalue weighted by molar-refractivity contribution is -0.0975. The topological polar surface area (TPSA) is 92.5 Å². The summed E-state index contributed by atoms with van der Waals surface area (Å²) in [5.41, 5.74) is 8.42.